The molecule has 1 rings (SSSR count). The average molecular weight is 266 g/mol. The normalized spacial score (nSPS) is 21.9. The maximum Gasteiger partial charge on any atom is 0.214 e. The highest BCUT2D eigenvalue weighted by Crippen LogP contribution is 2.05. The van der Waals surface area contributed by atoms with Gasteiger partial charge in [0.2, 0.25) is 10.0 Å². The molecule has 6 nitrogen and oxygen atoms in total. The van der Waals surface area contributed by atoms with Crippen LogP contribution in [-0.4, -0.2) is 71.6 Å². The molecule has 0 amide bonds. The smallest absolute Gasteiger partial charge is 0.214 e. The molecule has 1 aliphatic heterocycles. The third kappa shape index (κ3) is 5.31. The maximum atomic E-state index is 11.9. The molecule has 7 heteroatoms. The molecule has 0 aromatic carbocycles. The number of ether oxygens (including phenoxy) is 2. The van der Waals surface area contributed by atoms with Gasteiger partial charge in [-0.05, 0) is 6.42 Å². The van der Waals surface area contributed by atoms with Crippen LogP contribution in [0.3, 0.4) is 0 Å². The van der Waals surface area contributed by atoms with Gasteiger partial charge < -0.3 is 14.8 Å². The second kappa shape index (κ2) is 7.27. The molecule has 1 aliphatic rings. The van der Waals surface area contributed by atoms with Crippen LogP contribution in [0.4, 0.5) is 0 Å². The summed E-state index contributed by atoms with van der Waals surface area (Å²) in [7, 11) is -0.0217. The van der Waals surface area contributed by atoms with Crippen LogP contribution in [0.25, 0.3) is 0 Å². The molecule has 1 saturated heterocycles. The Labute approximate surface area is 103 Å². The highest BCUT2D eigenvalue weighted by molar-refractivity contribution is 7.89. The molecule has 1 heterocycles. The molecule has 0 aliphatic carbocycles. The van der Waals surface area contributed by atoms with Crippen LogP contribution in [0.15, 0.2) is 0 Å². The van der Waals surface area contributed by atoms with Gasteiger partial charge in [-0.2, -0.15) is 0 Å². The van der Waals surface area contributed by atoms with Crippen LogP contribution >= 0.6 is 0 Å². The van der Waals surface area contributed by atoms with Gasteiger partial charge >= 0.3 is 0 Å². The molecule has 1 unspecified atom stereocenters. The maximum absolute atomic E-state index is 11.9. The molecule has 0 radical (unpaired) electrons. The second-order valence-electron chi connectivity index (χ2n) is 4.14. The van der Waals surface area contributed by atoms with E-state index in [1.807, 2.05) is 0 Å². The fourth-order valence-corrected chi connectivity index (χ4v) is 2.87. The number of likely N-dealkylation sites (N-methyl/N-ethyl adjacent to an activating group) is 1. The van der Waals surface area contributed by atoms with Crippen LogP contribution < -0.4 is 5.32 Å². The van der Waals surface area contributed by atoms with Gasteiger partial charge in [0.05, 0.1) is 18.5 Å². The molecule has 1 fully saturated rings. The summed E-state index contributed by atoms with van der Waals surface area (Å²) in [5, 5.41) is 3.18. The summed E-state index contributed by atoms with van der Waals surface area (Å²) >= 11 is 0. The number of sulfonamides is 1. The Bertz CT molecular complexity index is 301. The third-order valence-electron chi connectivity index (χ3n) is 2.69. The Morgan fingerprint density at radius 2 is 2.29 bits per heavy atom. The molecular weight excluding hydrogens is 244 g/mol. The number of rotatable bonds is 7. The molecule has 0 saturated carbocycles. The van der Waals surface area contributed by atoms with E-state index in [0.29, 0.717) is 32.7 Å². The van der Waals surface area contributed by atoms with Crippen LogP contribution in [0, 0.1) is 0 Å². The number of morpholine rings is 1. The standard InChI is InChI=1S/C10H22N2O4S/c1-12(9-10-8-11-4-6-16-10)17(13,14)7-3-5-15-2/h10-11H,3-9H2,1-2H3. The predicted octanol–water partition coefficient (Wildman–Crippen LogP) is -0.727. The van der Waals surface area contributed by atoms with Gasteiger partial charge in [0, 0.05) is 40.4 Å². The molecule has 102 valence electrons. The van der Waals surface area contributed by atoms with Crippen molar-refractivity contribution in [2.45, 2.75) is 12.5 Å². The van der Waals surface area contributed by atoms with Crippen molar-refractivity contribution < 1.29 is 17.9 Å². The number of methoxy groups -OCH3 is 1. The number of nitrogens with zero attached hydrogens (tertiary/aromatic N) is 1. The number of nitrogens with one attached hydrogen (secondary N) is 1. The minimum Gasteiger partial charge on any atom is -0.385 e. The lowest BCUT2D eigenvalue weighted by atomic mass is 10.3. The Morgan fingerprint density at radius 1 is 1.53 bits per heavy atom. The summed E-state index contributed by atoms with van der Waals surface area (Å²) in [6, 6.07) is 0. The molecule has 0 aromatic heterocycles. The van der Waals surface area contributed by atoms with E-state index < -0.39 is 10.0 Å². The predicted molar refractivity (Wildman–Crippen MR) is 65.5 cm³/mol. The zero-order chi connectivity index (χ0) is 12.7. The summed E-state index contributed by atoms with van der Waals surface area (Å²) < 4.78 is 35.4. The summed E-state index contributed by atoms with van der Waals surface area (Å²) in [6.45, 7) is 3.05. The Kier molecular flexibility index (Phi) is 6.35. The lowest BCUT2D eigenvalue weighted by Crippen LogP contribution is -2.46. The highest BCUT2D eigenvalue weighted by atomic mass is 32.2. The number of hydrogen-bond donors (Lipinski definition) is 1. The van der Waals surface area contributed by atoms with Gasteiger partial charge in [-0.25, -0.2) is 12.7 Å². The minimum absolute atomic E-state index is 0.0500. The van der Waals surface area contributed by atoms with Crippen molar-refractivity contribution in [1.29, 1.82) is 0 Å². The van der Waals surface area contributed by atoms with E-state index in [-0.39, 0.29) is 11.9 Å². The fourth-order valence-electron chi connectivity index (χ4n) is 1.68. The topological polar surface area (TPSA) is 67.9 Å². The van der Waals surface area contributed by atoms with Crippen molar-refractivity contribution in [3.8, 4) is 0 Å². The van der Waals surface area contributed by atoms with Crippen molar-refractivity contribution in [3.05, 3.63) is 0 Å². The lowest BCUT2D eigenvalue weighted by Gasteiger charge is -2.27. The first kappa shape index (κ1) is 14.8. The van der Waals surface area contributed by atoms with Crippen molar-refractivity contribution >= 4 is 10.0 Å². The van der Waals surface area contributed by atoms with Crippen LogP contribution in [0.5, 0.6) is 0 Å². The molecule has 0 bridgehead atoms. The van der Waals surface area contributed by atoms with Crippen LogP contribution in [0.2, 0.25) is 0 Å². The van der Waals surface area contributed by atoms with Crippen molar-refractivity contribution in [3.63, 3.8) is 0 Å². The van der Waals surface area contributed by atoms with E-state index >= 15 is 0 Å². The summed E-state index contributed by atoms with van der Waals surface area (Å²) in [5.41, 5.74) is 0. The van der Waals surface area contributed by atoms with E-state index in [0.717, 1.165) is 6.54 Å². The lowest BCUT2D eigenvalue weighted by molar-refractivity contribution is 0.0206. The molecule has 0 spiro atoms. The van der Waals surface area contributed by atoms with E-state index in [4.69, 9.17) is 9.47 Å². The number of hydrogen-bond acceptors (Lipinski definition) is 5. The van der Waals surface area contributed by atoms with Gasteiger partial charge in [0.25, 0.3) is 0 Å². The molecule has 1 atom stereocenters. The Hall–Kier alpha value is -0.210. The molecule has 1 N–H and O–H groups in total. The van der Waals surface area contributed by atoms with Gasteiger partial charge in [-0.15, -0.1) is 0 Å². The van der Waals surface area contributed by atoms with Gasteiger partial charge in [0.1, 0.15) is 0 Å². The summed E-state index contributed by atoms with van der Waals surface area (Å²) in [6.07, 6.45) is 0.471. The quantitative estimate of drug-likeness (QED) is 0.616. The zero-order valence-corrected chi connectivity index (χ0v) is 11.3. The highest BCUT2D eigenvalue weighted by Gasteiger charge is 2.22. The summed E-state index contributed by atoms with van der Waals surface area (Å²) in [4.78, 5) is 0. The monoisotopic (exact) mass is 266 g/mol. The first-order valence-electron chi connectivity index (χ1n) is 5.81. The van der Waals surface area contributed by atoms with E-state index in [1.54, 1.807) is 14.2 Å². The first-order chi connectivity index (χ1) is 8.06. The SMILES string of the molecule is COCCCS(=O)(=O)N(C)CC1CNCCO1. The van der Waals surface area contributed by atoms with Crippen LogP contribution in [-0.2, 0) is 19.5 Å². The van der Waals surface area contributed by atoms with E-state index in [1.165, 1.54) is 4.31 Å². The zero-order valence-electron chi connectivity index (χ0n) is 10.5. The molecular formula is C10H22N2O4S. The van der Waals surface area contributed by atoms with E-state index in [2.05, 4.69) is 5.32 Å². The van der Waals surface area contributed by atoms with Crippen molar-refractivity contribution in [2.24, 2.45) is 0 Å². The van der Waals surface area contributed by atoms with Crippen molar-refractivity contribution in [2.75, 3.05) is 52.8 Å². The molecule has 0 aromatic rings. The second-order valence-corrected chi connectivity index (χ2v) is 6.34. The summed E-state index contributed by atoms with van der Waals surface area (Å²) in [5.74, 6) is 0.123. The van der Waals surface area contributed by atoms with Crippen molar-refractivity contribution in [1.82, 2.24) is 9.62 Å². The Morgan fingerprint density at radius 3 is 2.88 bits per heavy atom. The Balaban J connectivity index is 2.36. The van der Waals surface area contributed by atoms with Gasteiger partial charge in [0.15, 0.2) is 0 Å². The fraction of sp³-hybridized carbons (Fsp3) is 1.00. The minimum atomic E-state index is -3.19. The van der Waals surface area contributed by atoms with Crippen LogP contribution in [0.1, 0.15) is 6.42 Å². The van der Waals surface area contributed by atoms with Gasteiger partial charge in [-0.1, -0.05) is 0 Å². The van der Waals surface area contributed by atoms with E-state index in [9.17, 15) is 8.42 Å². The van der Waals surface area contributed by atoms with Gasteiger partial charge in [-0.3, -0.25) is 0 Å². The average Bonchev–Trinajstić information content (AvgIpc) is 2.30. The third-order valence-corrected chi connectivity index (χ3v) is 4.59. The molecule has 17 heavy (non-hydrogen) atoms. The first-order valence-corrected chi connectivity index (χ1v) is 7.42. The largest absolute Gasteiger partial charge is 0.385 e.